The summed E-state index contributed by atoms with van der Waals surface area (Å²) in [6.07, 6.45) is 2.44. The summed E-state index contributed by atoms with van der Waals surface area (Å²) in [6.45, 7) is 22.3. The molecule has 1 aromatic rings. The van der Waals surface area contributed by atoms with Gasteiger partial charge in [-0.1, -0.05) is 77.1 Å². The van der Waals surface area contributed by atoms with E-state index in [0.29, 0.717) is 0 Å². The van der Waals surface area contributed by atoms with Crippen LogP contribution in [-0.2, 0) is 0 Å². The van der Waals surface area contributed by atoms with Crippen LogP contribution in [0.2, 0.25) is 58.9 Å². The zero-order valence-electron chi connectivity index (χ0n) is 16.9. The molecule has 1 aromatic carbocycles. The van der Waals surface area contributed by atoms with Gasteiger partial charge in [-0.05, 0) is 17.7 Å². The second-order valence-electron chi connectivity index (χ2n) is 9.66. The number of methoxy groups -OCH3 is 1. The third-order valence-electron chi connectivity index (χ3n) is 5.19. The fourth-order valence-corrected chi connectivity index (χ4v) is 100. The van der Waals surface area contributed by atoms with E-state index in [1.54, 1.807) is 7.11 Å². The third kappa shape index (κ3) is 4.18. The SMILES string of the molecule is COc1ccc(/C=C\[Si]([Si](C)(C)C)([Si](C)(C)C)[Si](C)(C)C)cc1. The highest BCUT2D eigenvalue weighted by molar-refractivity contribution is 7.90. The zero-order chi connectivity index (χ0) is 18.1. The molecule has 0 aliphatic heterocycles. The molecule has 0 unspecified atom stereocenters. The minimum Gasteiger partial charge on any atom is -0.497 e. The molecule has 0 heterocycles. The third-order valence-corrected chi connectivity index (χ3v) is 76.2. The summed E-state index contributed by atoms with van der Waals surface area (Å²) < 4.78 is 5.28. The Morgan fingerprint density at radius 1 is 0.696 bits per heavy atom. The predicted octanol–water partition coefficient (Wildman–Crippen LogP) is 5.95. The van der Waals surface area contributed by atoms with E-state index < -0.39 is 29.4 Å². The minimum atomic E-state index is -1.40. The van der Waals surface area contributed by atoms with E-state index in [-0.39, 0.29) is 0 Å². The maximum Gasteiger partial charge on any atom is 0.118 e. The van der Waals surface area contributed by atoms with Gasteiger partial charge in [0.15, 0.2) is 0 Å². The number of benzene rings is 1. The van der Waals surface area contributed by atoms with Crippen LogP contribution in [0.3, 0.4) is 0 Å². The molecule has 0 saturated carbocycles. The molecule has 0 spiro atoms. The second kappa shape index (κ2) is 6.86. The van der Waals surface area contributed by atoms with Crippen molar-refractivity contribution >= 4 is 35.5 Å². The standard InChI is InChI=1S/C18H36OSi4/c1-19-18-13-11-17(12-14-18)15-16-23(20(2,3)4,21(5,6)7)22(8,9)10/h11-16H,1-10H3/b16-15-. The second-order valence-corrected chi connectivity index (χ2v) is 50.2. The first kappa shape index (κ1) is 20.7. The molecule has 0 aliphatic carbocycles. The van der Waals surface area contributed by atoms with Crippen LogP contribution in [0.1, 0.15) is 5.56 Å². The lowest BCUT2D eigenvalue weighted by atomic mass is 10.2. The van der Waals surface area contributed by atoms with Crippen LogP contribution in [0.25, 0.3) is 6.08 Å². The molecule has 0 radical (unpaired) electrons. The van der Waals surface area contributed by atoms with Crippen molar-refractivity contribution in [1.82, 2.24) is 0 Å². The first-order chi connectivity index (χ1) is 10.3. The molecule has 130 valence electrons. The van der Waals surface area contributed by atoms with Gasteiger partial charge in [-0.25, -0.2) is 0 Å². The lowest BCUT2D eigenvalue weighted by Gasteiger charge is -2.55. The Bertz CT molecular complexity index is 506. The molecule has 0 atom stereocenters. The van der Waals surface area contributed by atoms with Gasteiger partial charge >= 0.3 is 0 Å². The summed E-state index contributed by atoms with van der Waals surface area (Å²) >= 11 is 0. The summed E-state index contributed by atoms with van der Waals surface area (Å²) in [5, 5.41) is 0. The fraction of sp³-hybridized carbons (Fsp3) is 0.556. The Kier molecular flexibility index (Phi) is 6.17. The molecule has 0 bridgehead atoms. The Labute approximate surface area is 147 Å². The molecular weight excluding hydrogens is 345 g/mol. The summed E-state index contributed by atoms with van der Waals surface area (Å²) in [5.74, 6) is 0.936. The van der Waals surface area contributed by atoms with Gasteiger partial charge in [0.05, 0.1) is 13.7 Å². The molecule has 0 N–H and O–H groups in total. The topological polar surface area (TPSA) is 9.23 Å². The first-order valence-electron chi connectivity index (χ1n) is 8.59. The normalized spacial score (nSPS) is 14.3. The van der Waals surface area contributed by atoms with E-state index >= 15 is 0 Å². The van der Waals surface area contributed by atoms with E-state index in [0.717, 1.165) is 5.75 Å². The Balaban J connectivity index is 3.43. The Morgan fingerprint density at radius 2 is 1.09 bits per heavy atom. The van der Waals surface area contributed by atoms with Crippen molar-refractivity contribution in [3.8, 4) is 5.75 Å². The average molecular weight is 381 g/mol. The van der Waals surface area contributed by atoms with E-state index in [9.17, 15) is 0 Å². The monoisotopic (exact) mass is 380 g/mol. The van der Waals surface area contributed by atoms with Crippen LogP contribution in [-0.4, -0.2) is 36.5 Å². The molecule has 1 nitrogen and oxygen atoms in total. The average Bonchev–Trinajstić information content (AvgIpc) is 2.35. The molecule has 23 heavy (non-hydrogen) atoms. The van der Waals surface area contributed by atoms with Crippen LogP contribution >= 0.6 is 0 Å². The van der Waals surface area contributed by atoms with E-state index in [2.05, 4.69) is 95.0 Å². The molecule has 0 aromatic heterocycles. The lowest BCUT2D eigenvalue weighted by molar-refractivity contribution is 0.415. The largest absolute Gasteiger partial charge is 0.497 e. The molecular formula is C18H36OSi4. The molecule has 0 aliphatic rings. The van der Waals surface area contributed by atoms with Gasteiger partial charge in [-0.2, -0.15) is 0 Å². The Morgan fingerprint density at radius 3 is 1.39 bits per heavy atom. The van der Waals surface area contributed by atoms with E-state index in [1.807, 2.05) is 0 Å². The van der Waals surface area contributed by atoms with Crippen molar-refractivity contribution in [2.75, 3.05) is 7.11 Å². The lowest BCUT2D eigenvalue weighted by Crippen LogP contribution is -2.81. The quantitative estimate of drug-likeness (QED) is 0.554. The fourth-order valence-electron chi connectivity index (χ4n) is 5.06. The highest BCUT2D eigenvalue weighted by Crippen LogP contribution is 2.38. The van der Waals surface area contributed by atoms with Gasteiger partial charge < -0.3 is 4.74 Å². The smallest absolute Gasteiger partial charge is 0.118 e. The molecule has 0 saturated heterocycles. The van der Waals surface area contributed by atoms with Gasteiger partial charge in [-0.3, -0.25) is 0 Å². The van der Waals surface area contributed by atoms with Crippen LogP contribution < -0.4 is 4.74 Å². The van der Waals surface area contributed by atoms with Gasteiger partial charge in [0.25, 0.3) is 0 Å². The molecule has 0 fully saturated rings. The van der Waals surface area contributed by atoms with E-state index in [1.165, 1.54) is 5.56 Å². The highest BCUT2D eigenvalue weighted by Gasteiger charge is 2.59. The maximum atomic E-state index is 5.28. The van der Waals surface area contributed by atoms with Crippen LogP contribution in [0.5, 0.6) is 5.75 Å². The van der Waals surface area contributed by atoms with E-state index in [4.69, 9.17) is 4.74 Å². The first-order valence-corrected chi connectivity index (χ1v) is 24.2. The number of rotatable bonds is 6. The molecule has 5 heteroatoms. The molecule has 1 rings (SSSR count). The van der Waals surface area contributed by atoms with Gasteiger partial charge in [-0.15, -0.1) is 5.70 Å². The summed E-state index contributed by atoms with van der Waals surface area (Å²) in [6, 6.07) is 8.52. The zero-order valence-corrected chi connectivity index (χ0v) is 20.9. The molecule has 0 amide bonds. The number of ether oxygens (including phenoxy) is 1. The van der Waals surface area contributed by atoms with Crippen molar-refractivity contribution in [3.05, 3.63) is 35.5 Å². The van der Waals surface area contributed by atoms with Crippen LogP contribution in [0.4, 0.5) is 0 Å². The maximum absolute atomic E-state index is 5.28. The van der Waals surface area contributed by atoms with Gasteiger partial charge in [0.2, 0.25) is 0 Å². The number of hydrogen-bond donors (Lipinski definition) is 0. The van der Waals surface area contributed by atoms with Crippen LogP contribution in [0.15, 0.2) is 30.0 Å². The highest BCUT2D eigenvalue weighted by atomic mass is 29.9. The van der Waals surface area contributed by atoms with Gasteiger partial charge in [0.1, 0.15) is 5.75 Å². The summed E-state index contributed by atoms with van der Waals surface area (Å²) in [7, 11) is -1.96. The van der Waals surface area contributed by atoms with Gasteiger partial charge in [0, 0.05) is 22.8 Å². The van der Waals surface area contributed by atoms with Crippen molar-refractivity contribution in [1.29, 1.82) is 0 Å². The predicted molar refractivity (Wildman–Crippen MR) is 118 cm³/mol. The van der Waals surface area contributed by atoms with Crippen molar-refractivity contribution in [3.63, 3.8) is 0 Å². The van der Waals surface area contributed by atoms with Crippen LogP contribution in [0, 0.1) is 0 Å². The minimum absolute atomic E-state index is 0.936. The van der Waals surface area contributed by atoms with Crippen molar-refractivity contribution in [2.45, 2.75) is 58.9 Å². The summed E-state index contributed by atoms with van der Waals surface area (Å²) in [5.41, 5.74) is 4.09. The Hall–Kier alpha value is -0.372. The van der Waals surface area contributed by atoms with Crippen molar-refractivity contribution < 1.29 is 4.74 Å². The van der Waals surface area contributed by atoms with Crippen molar-refractivity contribution in [2.24, 2.45) is 0 Å². The number of hydrogen-bond acceptors (Lipinski definition) is 1. The summed E-state index contributed by atoms with van der Waals surface area (Å²) in [4.78, 5) is 0.